The van der Waals surface area contributed by atoms with E-state index in [1.54, 1.807) is 6.07 Å². The number of hydrogen-bond donors (Lipinski definition) is 3. The van der Waals surface area contributed by atoms with Gasteiger partial charge in [-0.2, -0.15) is 0 Å². The molecule has 0 atom stereocenters. The van der Waals surface area contributed by atoms with Crippen LogP contribution in [0.2, 0.25) is 5.02 Å². The van der Waals surface area contributed by atoms with Crippen molar-refractivity contribution in [2.24, 2.45) is 0 Å². The number of benzene rings is 3. The lowest BCUT2D eigenvalue weighted by Crippen LogP contribution is -2.49. The van der Waals surface area contributed by atoms with E-state index in [2.05, 4.69) is 16.2 Å². The molecule has 0 aliphatic heterocycles. The number of thiocarbonyl (C=S) groups is 1. The Labute approximate surface area is 192 Å². The van der Waals surface area contributed by atoms with E-state index < -0.39 is 11.8 Å². The van der Waals surface area contributed by atoms with Crippen LogP contribution in [0.15, 0.2) is 66.7 Å². The molecule has 4 aromatic rings. The van der Waals surface area contributed by atoms with Crippen LogP contribution in [0.1, 0.15) is 9.67 Å². The summed E-state index contributed by atoms with van der Waals surface area (Å²) in [5, 5.41) is 5.71. The fourth-order valence-corrected chi connectivity index (χ4v) is 4.48. The Bertz CT molecular complexity index is 1310. The van der Waals surface area contributed by atoms with Crippen LogP contribution in [-0.4, -0.2) is 23.5 Å². The van der Waals surface area contributed by atoms with Crippen LogP contribution in [-0.2, 0) is 4.79 Å². The lowest BCUT2D eigenvalue weighted by atomic mass is 10.1. The Kier molecular flexibility index (Phi) is 6.31. The number of rotatable bonds is 4. The van der Waals surface area contributed by atoms with E-state index in [4.69, 9.17) is 28.6 Å². The zero-order valence-electron chi connectivity index (χ0n) is 16.0. The molecule has 156 valence electrons. The Morgan fingerprint density at radius 1 is 0.968 bits per heavy atom. The second-order valence-corrected chi connectivity index (χ2v) is 8.33. The highest BCUT2D eigenvalue weighted by Crippen LogP contribution is 2.34. The van der Waals surface area contributed by atoms with Crippen molar-refractivity contribution in [3.63, 3.8) is 0 Å². The number of hydrazine groups is 1. The lowest BCUT2D eigenvalue weighted by Gasteiger charge is -2.11. The summed E-state index contributed by atoms with van der Waals surface area (Å²) in [6, 6.07) is 20.9. The average Bonchev–Trinajstić information content (AvgIpc) is 3.13. The maximum atomic E-state index is 12.5. The van der Waals surface area contributed by atoms with Gasteiger partial charge in [0.15, 0.2) is 11.7 Å². The van der Waals surface area contributed by atoms with Gasteiger partial charge in [-0.15, -0.1) is 11.3 Å². The number of nitrogens with one attached hydrogen (secondary N) is 3. The number of thiophene rings is 1. The van der Waals surface area contributed by atoms with E-state index in [1.165, 1.54) is 11.3 Å². The first-order valence-electron chi connectivity index (χ1n) is 9.20. The van der Waals surface area contributed by atoms with Crippen molar-refractivity contribution in [3.05, 3.63) is 76.6 Å². The molecule has 3 N–H and O–H groups in total. The Morgan fingerprint density at radius 3 is 2.52 bits per heavy atom. The van der Waals surface area contributed by atoms with Crippen LogP contribution in [0.4, 0.5) is 0 Å². The van der Waals surface area contributed by atoms with Crippen molar-refractivity contribution in [2.75, 3.05) is 6.61 Å². The van der Waals surface area contributed by atoms with E-state index in [0.717, 1.165) is 20.9 Å². The van der Waals surface area contributed by atoms with E-state index in [0.29, 0.717) is 15.6 Å². The van der Waals surface area contributed by atoms with Crippen LogP contribution in [0.5, 0.6) is 5.75 Å². The summed E-state index contributed by atoms with van der Waals surface area (Å²) in [6.45, 7) is -0.218. The summed E-state index contributed by atoms with van der Waals surface area (Å²) < 4.78 is 6.41. The topological polar surface area (TPSA) is 79.5 Å². The van der Waals surface area contributed by atoms with E-state index >= 15 is 0 Å². The molecule has 2 amide bonds. The number of fused-ring (bicyclic) bond motifs is 2. The van der Waals surface area contributed by atoms with Crippen molar-refractivity contribution in [3.8, 4) is 5.75 Å². The molecule has 31 heavy (non-hydrogen) atoms. The number of ether oxygens (including phenoxy) is 1. The van der Waals surface area contributed by atoms with Gasteiger partial charge in [-0.25, -0.2) is 0 Å². The molecule has 0 fully saturated rings. The second kappa shape index (κ2) is 9.30. The number of carbonyl (C=O) groups is 2. The SMILES string of the molecule is O=C(COc1ccc2ccccc2c1)NNC(=S)NC(=O)c1sc2ccccc2c1Cl. The summed E-state index contributed by atoms with van der Waals surface area (Å²) in [5.41, 5.74) is 4.87. The zero-order chi connectivity index (χ0) is 21.8. The van der Waals surface area contributed by atoms with Crippen molar-refractivity contribution in [1.82, 2.24) is 16.2 Å². The molecule has 1 aromatic heterocycles. The van der Waals surface area contributed by atoms with Crippen LogP contribution in [0, 0.1) is 0 Å². The molecule has 4 rings (SSSR count). The minimum absolute atomic E-state index is 0.0578. The van der Waals surface area contributed by atoms with E-state index in [-0.39, 0.29) is 11.7 Å². The summed E-state index contributed by atoms with van der Waals surface area (Å²) in [7, 11) is 0. The lowest BCUT2D eigenvalue weighted by molar-refractivity contribution is -0.123. The van der Waals surface area contributed by atoms with Gasteiger partial charge in [0.05, 0.1) is 5.02 Å². The predicted octanol–water partition coefficient (Wildman–Crippen LogP) is 4.42. The highest BCUT2D eigenvalue weighted by molar-refractivity contribution is 7.80. The molecule has 0 saturated carbocycles. The molecule has 1 heterocycles. The monoisotopic (exact) mass is 469 g/mol. The van der Waals surface area contributed by atoms with Gasteiger partial charge in [-0.1, -0.05) is 60.1 Å². The molecule has 0 radical (unpaired) electrons. The number of amides is 2. The molecular formula is C22H16ClN3O3S2. The summed E-state index contributed by atoms with van der Waals surface area (Å²) in [4.78, 5) is 24.8. The Hall–Kier alpha value is -3.20. The van der Waals surface area contributed by atoms with Gasteiger partial charge >= 0.3 is 0 Å². The van der Waals surface area contributed by atoms with Gasteiger partial charge in [0.2, 0.25) is 0 Å². The Balaban J connectivity index is 1.27. The van der Waals surface area contributed by atoms with Crippen LogP contribution < -0.4 is 20.9 Å². The maximum absolute atomic E-state index is 12.5. The van der Waals surface area contributed by atoms with Crippen LogP contribution in [0.25, 0.3) is 20.9 Å². The minimum Gasteiger partial charge on any atom is -0.484 e. The van der Waals surface area contributed by atoms with Crippen LogP contribution in [0.3, 0.4) is 0 Å². The molecule has 0 aliphatic rings. The van der Waals surface area contributed by atoms with Gasteiger partial charge in [-0.3, -0.25) is 25.8 Å². The minimum atomic E-state index is -0.454. The fourth-order valence-electron chi connectivity index (χ4n) is 2.92. The van der Waals surface area contributed by atoms with Gasteiger partial charge in [0.1, 0.15) is 10.6 Å². The zero-order valence-corrected chi connectivity index (χ0v) is 18.4. The van der Waals surface area contributed by atoms with E-state index in [9.17, 15) is 9.59 Å². The Morgan fingerprint density at radius 2 is 1.71 bits per heavy atom. The van der Waals surface area contributed by atoms with Gasteiger partial charge in [-0.05, 0) is 41.2 Å². The van der Waals surface area contributed by atoms with Crippen molar-refractivity contribution in [1.29, 1.82) is 0 Å². The van der Waals surface area contributed by atoms with Crippen molar-refractivity contribution >= 4 is 72.9 Å². The molecule has 0 unspecified atom stereocenters. The van der Waals surface area contributed by atoms with Gasteiger partial charge in [0.25, 0.3) is 11.8 Å². The highest BCUT2D eigenvalue weighted by atomic mass is 35.5. The first-order valence-corrected chi connectivity index (χ1v) is 10.8. The highest BCUT2D eigenvalue weighted by Gasteiger charge is 2.18. The van der Waals surface area contributed by atoms with Gasteiger partial charge < -0.3 is 4.74 Å². The number of hydrogen-bond acceptors (Lipinski definition) is 5. The fraction of sp³-hybridized carbons (Fsp3) is 0.0455. The van der Waals surface area contributed by atoms with Crippen LogP contribution >= 0.6 is 35.2 Å². The average molecular weight is 470 g/mol. The molecule has 0 aliphatic carbocycles. The third kappa shape index (κ3) is 4.93. The first kappa shape index (κ1) is 21.0. The van der Waals surface area contributed by atoms with Gasteiger partial charge in [0, 0.05) is 10.1 Å². The maximum Gasteiger partial charge on any atom is 0.276 e. The molecule has 3 aromatic carbocycles. The largest absolute Gasteiger partial charge is 0.484 e. The second-order valence-electron chi connectivity index (χ2n) is 6.50. The molecule has 0 bridgehead atoms. The molecule has 9 heteroatoms. The number of halogens is 1. The van der Waals surface area contributed by atoms with Crippen molar-refractivity contribution in [2.45, 2.75) is 0 Å². The summed E-state index contributed by atoms with van der Waals surface area (Å²) in [6.07, 6.45) is 0. The number of carbonyl (C=O) groups excluding carboxylic acids is 2. The predicted molar refractivity (Wildman–Crippen MR) is 128 cm³/mol. The normalized spacial score (nSPS) is 10.6. The van der Waals surface area contributed by atoms with E-state index in [1.807, 2.05) is 60.7 Å². The quantitative estimate of drug-likeness (QED) is 0.304. The molecule has 0 spiro atoms. The molecule has 6 nitrogen and oxygen atoms in total. The molecular weight excluding hydrogens is 454 g/mol. The smallest absolute Gasteiger partial charge is 0.276 e. The third-order valence-corrected chi connectivity index (χ3v) is 6.25. The summed E-state index contributed by atoms with van der Waals surface area (Å²) >= 11 is 12.6. The molecule has 0 saturated heterocycles. The summed E-state index contributed by atoms with van der Waals surface area (Å²) in [5.74, 6) is -0.334. The standard InChI is InChI=1S/C22H16ClN3O3S2/c23-19-16-7-3-4-8-17(16)31-20(19)21(28)24-22(30)26-25-18(27)12-29-15-10-9-13-5-1-2-6-14(13)11-15/h1-11H,12H2,(H,25,27)(H2,24,26,28,30). The van der Waals surface area contributed by atoms with Crippen molar-refractivity contribution < 1.29 is 14.3 Å². The first-order chi connectivity index (χ1) is 15.0. The third-order valence-electron chi connectivity index (χ3n) is 4.37.